The summed E-state index contributed by atoms with van der Waals surface area (Å²) in [6, 6.07) is 17.1. The van der Waals surface area contributed by atoms with Crippen LogP contribution in [0.2, 0.25) is 0 Å². The van der Waals surface area contributed by atoms with Crippen LogP contribution in [0, 0.1) is 0 Å². The number of benzene rings is 2. The smallest absolute Gasteiger partial charge is 0.0833 e. The molecule has 0 aromatic heterocycles. The van der Waals surface area contributed by atoms with Gasteiger partial charge >= 0.3 is 0 Å². The van der Waals surface area contributed by atoms with E-state index in [2.05, 4.69) is 48.5 Å². The summed E-state index contributed by atoms with van der Waals surface area (Å²) in [5.74, 6) is 0. The van der Waals surface area contributed by atoms with Crippen molar-refractivity contribution in [3.8, 4) is 11.1 Å². The predicted molar refractivity (Wildman–Crippen MR) is 69.9 cm³/mol. The Bertz CT molecular complexity index is 516. The van der Waals surface area contributed by atoms with Crippen molar-refractivity contribution in [1.82, 2.24) is 0 Å². The van der Waals surface area contributed by atoms with E-state index in [4.69, 9.17) is 4.74 Å². The summed E-state index contributed by atoms with van der Waals surface area (Å²) in [4.78, 5) is 0. The molecule has 0 saturated carbocycles. The molecule has 1 aliphatic carbocycles. The van der Waals surface area contributed by atoms with Crippen LogP contribution in [0.3, 0.4) is 0 Å². The molecule has 0 radical (unpaired) electrons. The fourth-order valence-corrected chi connectivity index (χ4v) is 2.75. The number of aryl methyl sites for hydroxylation is 1. The first kappa shape index (κ1) is 10.5. The average molecular weight is 224 g/mol. The number of ether oxygens (including phenoxy) is 1. The normalized spacial score (nSPS) is 18.1. The Balaban J connectivity index is 2.16. The van der Waals surface area contributed by atoms with E-state index in [9.17, 15) is 0 Å². The van der Waals surface area contributed by atoms with Crippen molar-refractivity contribution in [2.45, 2.75) is 18.9 Å². The molecule has 17 heavy (non-hydrogen) atoms. The summed E-state index contributed by atoms with van der Waals surface area (Å²) in [7, 11) is 1.81. The quantitative estimate of drug-likeness (QED) is 0.749. The first-order valence-corrected chi connectivity index (χ1v) is 6.10. The molecule has 0 bridgehead atoms. The highest BCUT2D eigenvalue weighted by atomic mass is 16.5. The maximum Gasteiger partial charge on any atom is 0.0833 e. The molecule has 0 fully saturated rings. The van der Waals surface area contributed by atoms with Gasteiger partial charge in [0.05, 0.1) is 6.10 Å². The summed E-state index contributed by atoms with van der Waals surface area (Å²) < 4.78 is 5.60. The second kappa shape index (κ2) is 4.34. The van der Waals surface area contributed by atoms with Crippen LogP contribution >= 0.6 is 0 Å². The molecule has 1 aliphatic rings. The van der Waals surface area contributed by atoms with Crippen molar-refractivity contribution in [1.29, 1.82) is 0 Å². The Morgan fingerprint density at radius 3 is 2.59 bits per heavy atom. The van der Waals surface area contributed by atoms with Crippen LogP contribution in [-0.4, -0.2) is 7.11 Å². The van der Waals surface area contributed by atoms with Gasteiger partial charge in [0.25, 0.3) is 0 Å². The van der Waals surface area contributed by atoms with E-state index in [0.29, 0.717) is 0 Å². The van der Waals surface area contributed by atoms with Crippen LogP contribution in [0.25, 0.3) is 11.1 Å². The molecule has 2 aromatic carbocycles. The molecule has 0 heterocycles. The maximum absolute atomic E-state index is 5.60. The fourth-order valence-electron chi connectivity index (χ4n) is 2.75. The number of rotatable bonds is 2. The van der Waals surface area contributed by atoms with Crippen molar-refractivity contribution in [3.63, 3.8) is 0 Å². The van der Waals surface area contributed by atoms with E-state index in [1.807, 2.05) is 7.11 Å². The zero-order valence-electron chi connectivity index (χ0n) is 10.0. The van der Waals surface area contributed by atoms with E-state index in [0.717, 1.165) is 12.8 Å². The van der Waals surface area contributed by atoms with Gasteiger partial charge < -0.3 is 4.74 Å². The standard InChI is InChI=1S/C16H16O/c1-17-15-11-10-13-8-5-9-14(16(13)15)12-6-3-2-4-7-12/h2-9,15H,10-11H2,1H3. The Labute approximate surface area is 102 Å². The monoisotopic (exact) mass is 224 g/mol. The molecule has 3 rings (SSSR count). The molecule has 2 aromatic rings. The van der Waals surface area contributed by atoms with Crippen molar-refractivity contribution in [2.24, 2.45) is 0 Å². The minimum absolute atomic E-state index is 0.265. The first-order chi connectivity index (χ1) is 8.40. The van der Waals surface area contributed by atoms with E-state index in [-0.39, 0.29) is 6.10 Å². The number of hydrogen-bond donors (Lipinski definition) is 0. The van der Waals surface area contributed by atoms with Crippen molar-refractivity contribution in [2.75, 3.05) is 7.11 Å². The second-order valence-corrected chi connectivity index (χ2v) is 4.51. The van der Waals surface area contributed by atoms with Gasteiger partial charge in [-0.1, -0.05) is 48.5 Å². The molecular formula is C16H16O. The summed E-state index contributed by atoms with van der Waals surface area (Å²) in [5, 5.41) is 0. The van der Waals surface area contributed by atoms with Crippen LogP contribution in [0.15, 0.2) is 48.5 Å². The molecule has 1 nitrogen and oxygen atoms in total. The third kappa shape index (κ3) is 1.77. The molecule has 0 aliphatic heterocycles. The largest absolute Gasteiger partial charge is 0.377 e. The Hall–Kier alpha value is -1.60. The number of fused-ring (bicyclic) bond motifs is 1. The topological polar surface area (TPSA) is 9.23 Å². The molecule has 1 atom stereocenters. The first-order valence-electron chi connectivity index (χ1n) is 6.10. The van der Waals surface area contributed by atoms with Gasteiger partial charge in [0, 0.05) is 7.11 Å². The van der Waals surface area contributed by atoms with Crippen molar-refractivity contribution < 1.29 is 4.74 Å². The van der Waals surface area contributed by atoms with Gasteiger partial charge in [-0.25, -0.2) is 0 Å². The lowest BCUT2D eigenvalue weighted by Crippen LogP contribution is -1.98. The lowest BCUT2D eigenvalue weighted by Gasteiger charge is -2.14. The molecule has 0 spiro atoms. The molecule has 86 valence electrons. The zero-order valence-corrected chi connectivity index (χ0v) is 10.0. The molecule has 1 unspecified atom stereocenters. The molecule has 0 saturated heterocycles. The molecule has 0 N–H and O–H groups in total. The van der Waals surface area contributed by atoms with E-state index >= 15 is 0 Å². The highest BCUT2D eigenvalue weighted by molar-refractivity contribution is 5.70. The summed E-state index contributed by atoms with van der Waals surface area (Å²) >= 11 is 0. The van der Waals surface area contributed by atoms with Gasteiger partial charge in [-0.2, -0.15) is 0 Å². The maximum atomic E-state index is 5.60. The highest BCUT2D eigenvalue weighted by Crippen LogP contribution is 2.40. The van der Waals surface area contributed by atoms with Gasteiger partial charge in [-0.05, 0) is 35.1 Å². The van der Waals surface area contributed by atoms with Crippen LogP contribution in [0.4, 0.5) is 0 Å². The van der Waals surface area contributed by atoms with Crippen molar-refractivity contribution in [3.05, 3.63) is 59.7 Å². The van der Waals surface area contributed by atoms with Crippen LogP contribution in [-0.2, 0) is 11.2 Å². The summed E-state index contributed by atoms with van der Waals surface area (Å²) in [5.41, 5.74) is 5.44. The minimum Gasteiger partial charge on any atom is -0.377 e. The van der Waals surface area contributed by atoms with Crippen LogP contribution < -0.4 is 0 Å². The third-order valence-corrected chi connectivity index (χ3v) is 3.56. The van der Waals surface area contributed by atoms with Gasteiger partial charge in [0.1, 0.15) is 0 Å². The average Bonchev–Trinajstić information content (AvgIpc) is 2.82. The minimum atomic E-state index is 0.265. The van der Waals surface area contributed by atoms with Gasteiger partial charge in [0.15, 0.2) is 0 Å². The molecule has 1 heteroatoms. The van der Waals surface area contributed by atoms with E-state index < -0.39 is 0 Å². The Morgan fingerprint density at radius 1 is 1.00 bits per heavy atom. The third-order valence-electron chi connectivity index (χ3n) is 3.56. The van der Waals surface area contributed by atoms with Crippen LogP contribution in [0.5, 0.6) is 0 Å². The molecule has 0 amide bonds. The highest BCUT2D eigenvalue weighted by Gasteiger charge is 2.25. The lowest BCUT2D eigenvalue weighted by molar-refractivity contribution is 0.105. The lowest BCUT2D eigenvalue weighted by atomic mass is 9.96. The Kier molecular flexibility index (Phi) is 2.69. The van der Waals surface area contributed by atoms with E-state index in [1.165, 1.54) is 22.3 Å². The summed E-state index contributed by atoms with van der Waals surface area (Å²) in [6.45, 7) is 0. The Morgan fingerprint density at radius 2 is 1.82 bits per heavy atom. The summed E-state index contributed by atoms with van der Waals surface area (Å²) in [6.07, 6.45) is 2.51. The molecular weight excluding hydrogens is 208 g/mol. The fraction of sp³-hybridized carbons (Fsp3) is 0.250. The van der Waals surface area contributed by atoms with Gasteiger partial charge in [-0.15, -0.1) is 0 Å². The van der Waals surface area contributed by atoms with Gasteiger partial charge in [0.2, 0.25) is 0 Å². The number of methoxy groups -OCH3 is 1. The van der Waals surface area contributed by atoms with Crippen molar-refractivity contribution >= 4 is 0 Å². The zero-order chi connectivity index (χ0) is 11.7. The number of hydrogen-bond acceptors (Lipinski definition) is 1. The SMILES string of the molecule is COC1CCc2cccc(-c3ccccc3)c21. The van der Waals surface area contributed by atoms with Crippen LogP contribution in [0.1, 0.15) is 23.7 Å². The predicted octanol–water partition coefficient (Wildman–Crippen LogP) is 3.99. The van der Waals surface area contributed by atoms with E-state index in [1.54, 1.807) is 0 Å². The van der Waals surface area contributed by atoms with Gasteiger partial charge in [-0.3, -0.25) is 0 Å². The second-order valence-electron chi connectivity index (χ2n) is 4.51.